The maximum Gasteiger partial charge on any atom is 0.416 e. The van der Waals surface area contributed by atoms with Gasteiger partial charge in [0.05, 0.1) is 23.7 Å². The number of hydrogen-bond acceptors (Lipinski definition) is 5. The Balaban J connectivity index is 1.39. The summed E-state index contributed by atoms with van der Waals surface area (Å²) in [6, 6.07) is 14.1. The lowest BCUT2D eigenvalue weighted by Gasteiger charge is -2.24. The second-order valence-electron chi connectivity index (χ2n) is 8.55. The van der Waals surface area contributed by atoms with Crippen LogP contribution in [0.1, 0.15) is 23.1 Å². The van der Waals surface area contributed by atoms with Crippen LogP contribution in [0.2, 0.25) is 0 Å². The first-order valence-electron chi connectivity index (χ1n) is 11.3. The minimum Gasteiger partial charge on any atom is -0.370 e. The van der Waals surface area contributed by atoms with Gasteiger partial charge in [0, 0.05) is 31.9 Å². The molecule has 6 nitrogen and oxygen atoms in total. The van der Waals surface area contributed by atoms with Gasteiger partial charge in [-0.1, -0.05) is 35.9 Å². The first kappa shape index (κ1) is 22.2. The lowest BCUT2D eigenvalue weighted by atomic mass is 10.1. The zero-order chi connectivity index (χ0) is 23.7. The van der Waals surface area contributed by atoms with Crippen molar-refractivity contribution in [3.05, 3.63) is 77.7 Å². The van der Waals surface area contributed by atoms with E-state index in [0.717, 1.165) is 49.9 Å². The molecule has 9 heteroatoms. The Morgan fingerprint density at radius 3 is 2.41 bits per heavy atom. The Kier molecular flexibility index (Phi) is 5.85. The van der Waals surface area contributed by atoms with Crippen molar-refractivity contribution in [1.82, 2.24) is 19.7 Å². The summed E-state index contributed by atoms with van der Waals surface area (Å²) in [5.41, 5.74) is 2.47. The SMILES string of the molecule is Cc1ccc(N2CCCN(c3ncnc4c3cnn4Cc3ccccc3C(F)(F)F)CC2)cc1. The summed E-state index contributed by atoms with van der Waals surface area (Å²) < 4.78 is 41.8. The molecule has 0 bridgehead atoms. The fourth-order valence-corrected chi connectivity index (χ4v) is 4.49. The molecule has 3 heterocycles. The monoisotopic (exact) mass is 466 g/mol. The largest absolute Gasteiger partial charge is 0.416 e. The Bertz CT molecular complexity index is 1280. The van der Waals surface area contributed by atoms with E-state index >= 15 is 0 Å². The van der Waals surface area contributed by atoms with Gasteiger partial charge < -0.3 is 9.80 Å². The molecule has 1 fully saturated rings. The summed E-state index contributed by atoms with van der Waals surface area (Å²) in [6.07, 6.45) is -0.334. The van der Waals surface area contributed by atoms with Crippen molar-refractivity contribution in [2.75, 3.05) is 36.0 Å². The number of alkyl halides is 3. The molecule has 1 aliphatic heterocycles. The normalized spacial score (nSPS) is 15.1. The first-order valence-corrected chi connectivity index (χ1v) is 11.3. The zero-order valence-electron chi connectivity index (χ0n) is 18.8. The standard InChI is InChI=1S/C25H25F3N6/c1-18-7-9-20(10-8-18)32-11-4-12-33(14-13-32)23-21-15-31-34(24(21)30-17-29-23)16-19-5-2-3-6-22(19)25(26,27)28/h2-3,5-10,15,17H,4,11-14,16H2,1H3. The van der Waals surface area contributed by atoms with Crippen molar-refractivity contribution in [3.63, 3.8) is 0 Å². The van der Waals surface area contributed by atoms with Crippen LogP contribution in [0.3, 0.4) is 0 Å². The summed E-state index contributed by atoms with van der Waals surface area (Å²) in [4.78, 5) is 13.5. The van der Waals surface area contributed by atoms with Gasteiger partial charge in [0.15, 0.2) is 5.65 Å². The molecule has 0 radical (unpaired) electrons. The Morgan fingerprint density at radius 2 is 1.62 bits per heavy atom. The van der Waals surface area contributed by atoms with Gasteiger partial charge in [-0.15, -0.1) is 0 Å². The number of rotatable bonds is 4. The fraction of sp³-hybridized carbons (Fsp3) is 0.320. The summed E-state index contributed by atoms with van der Waals surface area (Å²) in [6.45, 7) is 5.47. The number of aromatic nitrogens is 4. The van der Waals surface area contributed by atoms with Gasteiger partial charge in [0.1, 0.15) is 12.1 Å². The van der Waals surface area contributed by atoms with Gasteiger partial charge in [-0.2, -0.15) is 18.3 Å². The second kappa shape index (κ2) is 8.96. The van der Waals surface area contributed by atoms with Gasteiger partial charge >= 0.3 is 6.18 Å². The topological polar surface area (TPSA) is 50.1 Å². The molecular weight excluding hydrogens is 441 g/mol. The third-order valence-corrected chi connectivity index (χ3v) is 6.25. The molecule has 176 valence electrons. The molecule has 0 aliphatic carbocycles. The number of halogens is 3. The summed E-state index contributed by atoms with van der Waals surface area (Å²) in [7, 11) is 0. The predicted octanol–water partition coefficient (Wildman–Crippen LogP) is 4.92. The van der Waals surface area contributed by atoms with E-state index in [1.54, 1.807) is 12.3 Å². The lowest BCUT2D eigenvalue weighted by molar-refractivity contribution is -0.138. The summed E-state index contributed by atoms with van der Waals surface area (Å²) in [5.74, 6) is 0.770. The van der Waals surface area contributed by atoms with Crippen LogP contribution in [0.5, 0.6) is 0 Å². The summed E-state index contributed by atoms with van der Waals surface area (Å²) >= 11 is 0. The number of fused-ring (bicyclic) bond motifs is 1. The maximum atomic E-state index is 13.4. The average Bonchev–Trinajstić information content (AvgIpc) is 3.07. The predicted molar refractivity (Wildman–Crippen MR) is 126 cm³/mol. The lowest BCUT2D eigenvalue weighted by Crippen LogP contribution is -2.31. The molecule has 0 spiro atoms. The van der Waals surface area contributed by atoms with Gasteiger partial charge in [-0.25, -0.2) is 14.6 Å². The van der Waals surface area contributed by atoms with Gasteiger partial charge in [0.25, 0.3) is 0 Å². The van der Waals surface area contributed by atoms with E-state index < -0.39 is 11.7 Å². The zero-order valence-corrected chi connectivity index (χ0v) is 18.8. The second-order valence-corrected chi connectivity index (χ2v) is 8.55. The van der Waals surface area contributed by atoms with Gasteiger partial charge in [-0.3, -0.25) is 0 Å². The Labute approximate surface area is 195 Å². The molecule has 4 aromatic rings. The van der Waals surface area contributed by atoms with E-state index in [1.807, 2.05) is 0 Å². The number of aryl methyl sites for hydroxylation is 1. The van der Waals surface area contributed by atoms with Crippen LogP contribution in [0, 0.1) is 6.92 Å². The molecule has 34 heavy (non-hydrogen) atoms. The highest BCUT2D eigenvalue weighted by Gasteiger charge is 2.33. The molecule has 0 amide bonds. The van der Waals surface area contributed by atoms with E-state index in [9.17, 15) is 13.2 Å². The average molecular weight is 467 g/mol. The van der Waals surface area contributed by atoms with Crippen LogP contribution in [-0.2, 0) is 12.7 Å². The van der Waals surface area contributed by atoms with Crippen molar-refractivity contribution in [3.8, 4) is 0 Å². The summed E-state index contributed by atoms with van der Waals surface area (Å²) in [5, 5.41) is 5.12. The Morgan fingerprint density at radius 1 is 0.882 bits per heavy atom. The van der Waals surface area contributed by atoms with Crippen molar-refractivity contribution < 1.29 is 13.2 Å². The van der Waals surface area contributed by atoms with Crippen molar-refractivity contribution in [2.45, 2.75) is 26.1 Å². The number of benzene rings is 2. The molecule has 0 saturated carbocycles. The van der Waals surface area contributed by atoms with Crippen molar-refractivity contribution >= 4 is 22.5 Å². The van der Waals surface area contributed by atoms with E-state index in [2.05, 4.69) is 56.1 Å². The molecule has 0 atom stereocenters. The molecule has 1 saturated heterocycles. The number of hydrogen-bond donors (Lipinski definition) is 0. The van der Waals surface area contributed by atoms with E-state index in [0.29, 0.717) is 5.65 Å². The van der Waals surface area contributed by atoms with Gasteiger partial charge in [0.2, 0.25) is 0 Å². The van der Waals surface area contributed by atoms with Crippen LogP contribution in [0.15, 0.2) is 61.1 Å². The first-order chi connectivity index (χ1) is 16.4. The highest BCUT2D eigenvalue weighted by Crippen LogP contribution is 2.33. The van der Waals surface area contributed by atoms with Crippen LogP contribution in [-0.4, -0.2) is 45.9 Å². The van der Waals surface area contributed by atoms with E-state index in [1.165, 1.54) is 34.4 Å². The molecule has 2 aromatic carbocycles. The number of anilines is 2. The number of nitrogens with zero attached hydrogens (tertiary/aromatic N) is 6. The highest BCUT2D eigenvalue weighted by molar-refractivity contribution is 5.86. The molecule has 5 rings (SSSR count). The van der Waals surface area contributed by atoms with Crippen LogP contribution < -0.4 is 9.80 Å². The molecule has 0 N–H and O–H groups in total. The fourth-order valence-electron chi connectivity index (χ4n) is 4.49. The van der Waals surface area contributed by atoms with Crippen molar-refractivity contribution in [1.29, 1.82) is 0 Å². The van der Waals surface area contributed by atoms with Crippen molar-refractivity contribution in [2.24, 2.45) is 0 Å². The molecule has 2 aromatic heterocycles. The van der Waals surface area contributed by atoms with Gasteiger partial charge in [-0.05, 0) is 37.1 Å². The Hall–Kier alpha value is -3.62. The smallest absolute Gasteiger partial charge is 0.370 e. The molecule has 0 unspecified atom stereocenters. The van der Waals surface area contributed by atoms with Crippen LogP contribution in [0.4, 0.5) is 24.7 Å². The maximum absolute atomic E-state index is 13.4. The third kappa shape index (κ3) is 4.42. The molecular formula is C25H25F3N6. The van der Waals surface area contributed by atoms with Crippen LogP contribution in [0.25, 0.3) is 11.0 Å². The third-order valence-electron chi connectivity index (χ3n) is 6.25. The minimum atomic E-state index is -4.42. The highest BCUT2D eigenvalue weighted by atomic mass is 19.4. The quantitative estimate of drug-likeness (QED) is 0.427. The van der Waals surface area contributed by atoms with E-state index in [-0.39, 0.29) is 12.1 Å². The minimum absolute atomic E-state index is 0.0170. The van der Waals surface area contributed by atoms with Crippen LogP contribution >= 0.6 is 0 Å². The van der Waals surface area contributed by atoms with E-state index in [4.69, 9.17) is 0 Å². The molecule has 1 aliphatic rings.